The fourth-order valence-corrected chi connectivity index (χ4v) is 2.30. The van der Waals surface area contributed by atoms with Crippen LogP contribution in [0.3, 0.4) is 0 Å². The van der Waals surface area contributed by atoms with Gasteiger partial charge < -0.3 is 4.57 Å². The van der Waals surface area contributed by atoms with E-state index in [1.165, 1.54) is 17.0 Å². The van der Waals surface area contributed by atoms with Crippen LogP contribution in [0.2, 0.25) is 0 Å². The molecule has 0 spiro atoms. The van der Waals surface area contributed by atoms with Crippen molar-refractivity contribution in [1.29, 1.82) is 0 Å². The van der Waals surface area contributed by atoms with Crippen LogP contribution in [0.25, 0.3) is 11.2 Å². The molecule has 0 aliphatic carbocycles. The molecule has 3 rings (SSSR count). The number of aryl methyl sites for hydroxylation is 1. The van der Waals surface area contributed by atoms with Crippen molar-refractivity contribution in [2.75, 3.05) is 0 Å². The molecule has 0 amide bonds. The van der Waals surface area contributed by atoms with Crippen LogP contribution in [-0.2, 0) is 19.1 Å². The Balaban J connectivity index is 2.13. The molecule has 3 aromatic rings. The maximum atomic E-state index is 13.7. The van der Waals surface area contributed by atoms with Crippen LogP contribution in [0, 0.1) is 5.82 Å². The van der Waals surface area contributed by atoms with Gasteiger partial charge in [-0.2, -0.15) is 13.2 Å². The lowest BCUT2D eigenvalue weighted by atomic mass is 10.2. The maximum Gasteiger partial charge on any atom is 0.451 e. The first-order valence-electron chi connectivity index (χ1n) is 6.92. The number of alkyl halides is 3. The van der Waals surface area contributed by atoms with Gasteiger partial charge in [-0.1, -0.05) is 25.1 Å². The zero-order chi connectivity index (χ0) is 16.6. The molecule has 0 saturated heterocycles. The van der Waals surface area contributed by atoms with E-state index in [0.29, 0.717) is 17.5 Å². The van der Waals surface area contributed by atoms with Crippen molar-refractivity contribution in [3.63, 3.8) is 0 Å². The van der Waals surface area contributed by atoms with E-state index in [1.807, 2.05) is 0 Å². The fourth-order valence-electron chi connectivity index (χ4n) is 2.30. The highest BCUT2D eigenvalue weighted by atomic mass is 19.4. The Kier molecular flexibility index (Phi) is 3.75. The standard InChI is InChI=1S/C15H12F4N4/c1-2-11-12-13(22-14(21-11)15(17,18)19)23(8-20-12)7-9-5-3-4-6-10(9)16/h3-6,8H,2,7H2,1H3. The topological polar surface area (TPSA) is 43.6 Å². The molecule has 0 saturated carbocycles. The highest BCUT2D eigenvalue weighted by Crippen LogP contribution is 2.28. The SMILES string of the molecule is CCc1nc(C(F)(F)F)nc2c1ncn2Cc1ccccc1F. The Hall–Kier alpha value is -2.51. The molecule has 120 valence electrons. The summed E-state index contributed by atoms with van der Waals surface area (Å²) in [4.78, 5) is 11.2. The molecule has 2 aromatic heterocycles. The summed E-state index contributed by atoms with van der Waals surface area (Å²) in [5, 5.41) is 0. The highest BCUT2D eigenvalue weighted by Gasteiger charge is 2.36. The molecule has 0 aliphatic rings. The number of benzene rings is 1. The van der Waals surface area contributed by atoms with E-state index in [4.69, 9.17) is 0 Å². The second-order valence-corrected chi connectivity index (χ2v) is 4.98. The predicted molar refractivity (Wildman–Crippen MR) is 75.2 cm³/mol. The molecule has 0 aliphatic heterocycles. The number of aromatic nitrogens is 4. The monoisotopic (exact) mass is 324 g/mol. The van der Waals surface area contributed by atoms with Gasteiger partial charge in [-0.15, -0.1) is 0 Å². The Morgan fingerprint density at radius 2 is 1.87 bits per heavy atom. The molecule has 23 heavy (non-hydrogen) atoms. The third kappa shape index (κ3) is 2.88. The minimum atomic E-state index is -4.65. The zero-order valence-corrected chi connectivity index (χ0v) is 12.1. The van der Waals surface area contributed by atoms with E-state index in [2.05, 4.69) is 15.0 Å². The lowest BCUT2D eigenvalue weighted by molar-refractivity contribution is -0.144. The Bertz CT molecular complexity index is 854. The van der Waals surface area contributed by atoms with Gasteiger partial charge in [0.05, 0.1) is 18.6 Å². The summed E-state index contributed by atoms with van der Waals surface area (Å²) in [7, 11) is 0. The summed E-state index contributed by atoms with van der Waals surface area (Å²) in [5.74, 6) is -1.65. The quantitative estimate of drug-likeness (QED) is 0.692. The molecule has 0 fully saturated rings. The van der Waals surface area contributed by atoms with Gasteiger partial charge >= 0.3 is 6.18 Å². The van der Waals surface area contributed by atoms with Gasteiger partial charge in [-0.25, -0.2) is 19.3 Å². The number of halogens is 4. The van der Waals surface area contributed by atoms with Crippen LogP contribution in [-0.4, -0.2) is 19.5 Å². The first-order valence-corrected chi connectivity index (χ1v) is 6.92. The molecule has 0 atom stereocenters. The molecule has 2 heterocycles. The number of imidazole rings is 1. The van der Waals surface area contributed by atoms with Crippen LogP contribution < -0.4 is 0 Å². The average molecular weight is 324 g/mol. The van der Waals surface area contributed by atoms with Crippen molar-refractivity contribution < 1.29 is 17.6 Å². The third-order valence-corrected chi connectivity index (χ3v) is 3.42. The van der Waals surface area contributed by atoms with Crippen molar-refractivity contribution in [3.05, 3.63) is 53.5 Å². The minimum absolute atomic E-state index is 0.0423. The molecule has 8 heteroatoms. The summed E-state index contributed by atoms with van der Waals surface area (Å²) in [6, 6.07) is 6.06. The third-order valence-electron chi connectivity index (χ3n) is 3.42. The van der Waals surface area contributed by atoms with Crippen molar-refractivity contribution >= 4 is 11.2 Å². The first kappa shape index (κ1) is 15.4. The van der Waals surface area contributed by atoms with Crippen LogP contribution in [0.15, 0.2) is 30.6 Å². The van der Waals surface area contributed by atoms with Crippen molar-refractivity contribution in [3.8, 4) is 0 Å². The van der Waals surface area contributed by atoms with Crippen LogP contribution in [0.5, 0.6) is 0 Å². The van der Waals surface area contributed by atoms with E-state index in [-0.39, 0.29) is 17.9 Å². The lowest BCUT2D eigenvalue weighted by Gasteiger charge is -2.09. The summed E-state index contributed by atoms with van der Waals surface area (Å²) < 4.78 is 54.0. The molecular formula is C15H12F4N4. The Morgan fingerprint density at radius 1 is 1.13 bits per heavy atom. The summed E-state index contributed by atoms with van der Waals surface area (Å²) in [6.07, 6.45) is -3.00. The van der Waals surface area contributed by atoms with Gasteiger partial charge in [-0.3, -0.25) is 0 Å². The van der Waals surface area contributed by atoms with Gasteiger partial charge in [0, 0.05) is 5.56 Å². The number of fused-ring (bicyclic) bond motifs is 1. The molecule has 1 aromatic carbocycles. The lowest BCUT2D eigenvalue weighted by Crippen LogP contribution is -2.14. The van der Waals surface area contributed by atoms with E-state index in [9.17, 15) is 17.6 Å². The number of nitrogens with zero attached hydrogens (tertiary/aromatic N) is 4. The van der Waals surface area contributed by atoms with Crippen LogP contribution in [0.1, 0.15) is 24.0 Å². The van der Waals surface area contributed by atoms with Gasteiger partial charge in [0.2, 0.25) is 5.82 Å². The average Bonchev–Trinajstić information content (AvgIpc) is 2.91. The molecule has 4 nitrogen and oxygen atoms in total. The highest BCUT2D eigenvalue weighted by molar-refractivity contribution is 5.73. The molecule has 0 unspecified atom stereocenters. The second kappa shape index (κ2) is 5.60. The largest absolute Gasteiger partial charge is 0.451 e. The summed E-state index contributed by atoms with van der Waals surface area (Å²) >= 11 is 0. The van der Waals surface area contributed by atoms with Gasteiger partial charge in [-0.05, 0) is 12.5 Å². The molecular weight excluding hydrogens is 312 g/mol. The van der Waals surface area contributed by atoms with Gasteiger partial charge in [0.15, 0.2) is 5.65 Å². The zero-order valence-electron chi connectivity index (χ0n) is 12.1. The predicted octanol–water partition coefficient (Wildman–Crippen LogP) is 3.59. The summed E-state index contributed by atoms with van der Waals surface area (Å²) in [5.41, 5.74) is 0.913. The van der Waals surface area contributed by atoms with E-state index in [1.54, 1.807) is 25.1 Å². The fraction of sp³-hybridized carbons (Fsp3) is 0.267. The second-order valence-electron chi connectivity index (χ2n) is 4.98. The van der Waals surface area contributed by atoms with Gasteiger partial charge in [0.1, 0.15) is 11.3 Å². The molecule has 0 radical (unpaired) electrons. The van der Waals surface area contributed by atoms with Crippen molar-refractivity contribution in [2.24, 2.45) is 0 Å². The van der Waals surface area contributed by atoms with Crippen molar-refractivity contribution in [1.82, 2.24) is 19.5 Å². The number of rotatable bonds is 3. The van der Waals surface area contributed by atoms with Crippen molar-refractivity contribution in [2.45, 2.75) is 26.1 Å². The normalized spacial score (nSPS) is 12.0. The summed E-state index contributed by atoms with van der Waals surface area (Å²) in [6.45, 7) is 1.73. The van der Waals surface area contributed by atoms with Crippen LogP contribution in [0.4, 0.5) is 17.6 Å². The molecule has 0 bridgehead atoms. The van der Waals surface area contributed by atoms with E-state index < -0.39 is 17.8 Å². The van der Waals surface area contributed by atoms with Crippen LogP contribution >= 0.6 is 0 Å². The molecule has 0 N–H and O–H groups in total. The Labute approximate surface area is 128 Å². The minimum Gasteiger partial charge on any atom is -0.311 e. The van der Waals surface area contributed by atoms with E-state index in [0.717, 1.165) is 0 Å². The first-order chi connectivity index (χ1) is 10.9. The number of hydrogen-bond donors (Lipinski definition) is 0. The number of hydrogen-bond acceptors (Lipinski definition) is 3. The maximum absolute atomic E-state index is 13.7. The Morgan fingerprint density at radius 3 is 2.52 bits per heavy atom. The van der Waals surface area contributed by atoms with E-state index >= 15 is 0 Å². The smallest absolute Gasteiger partial charge is 0.311 e. The van der Waals surface area contributed by atoms with Gasteiger partial charge in [0.25, 0.3) is 0 Å².